The van der Waals surface area contributed by atoms with E-state index < -0.39 is 23.8 Å². The van der Waals surface area contributed by atoms with Crippen LogP contribution < -0.4 is 5.32 Å². The number of hydrogen-bond acceptors (Lipinski definition) is 4. The largest absolute Gasteiger partial charge is 0.479 e. The van der Waals surface area contributed by atoms with E-state index in [0.717, 1.165) is 6.07 Å². The van der Waals surface area contributed by atoms with Crippen molar-refractivity contribution in [2.45, 2.75) is 31.2 Å². The molecule has 2 unspecified atom stereocenters. The minimum absolute atomic E-state index is 0.104. The second kappa shape index (κ2) is 6.07. The number of aliphatic carboxylic acids is 1. The molecule has 116 valence electrons. The summed E-state index contributed by atoms with van der Waals surface area (Å²) in [7, 11) is 0. The summed E-state index contributed by atoms with van der Waals surface area (Å²) in [4.78, 5) is 14.3. The quantitative estimate of drug-likeness (QED) is 0.891. The molecular weight excluding hydrogens is 313 g/mol. The molecule has 0 bridgehead atoms. The van der Waals surface area contributed by atoms with Gasteiger partial charge in [-0.25, -0.2) is 9.78 Å². The topological polar surface area (TPSA) is 71.5 Å². The standard InChI is InChI=1S/C12H12ClF3N2O3/c13-8-3-6(12(14,15)16)4-17-10(8)18-5-7-1-2-9(21-7)11(19)20/h3-4,7,9H,1-2,5H2,(H,17,18)(H,19,20). The van der Waals surface area contributed by atoms with Crippen LogP contribution in [0, 0.1) is 0 Å². The van der Waals surface area contributed by atoms with Crippen LogP contribution in [-0.2, 0) is 15.7 Å². The maximum Gasteiger partial charge on any atom is 0.417 e. The number of carbonyl (C=O) groups is 1. The number of nitrogens with zero attached hydrogens (tertiary/aromatic N) is 1. The van der Waals surface area contributed by atoms with Crippen LogP contribution in [0.15, 0.2) is 12.3 Å². The van der Waals surface area contributed by atoms with Crippen LogP contribution in [0.3, 0.4) is 0 Å². The third-order valence-corrected chi connectivity index (χ3v) is 3.34. The highest BCUT2D eigenvalue weighted by molar-refractivity contribution is 6.32. The zero-order valence-electron chi connectivity index (χ0n) is 10.7. The smallest absolute Gasteiger partial charge is 0.417 e. The van der Waals surface area contributed by atoms with Crippen molar-refractivity contribution in [3.8, 4) is 0 Å². The van der Waals surface area contributed by atoms with Gasteiger partial charge in [-0.1, -0.05) is 11.6 Å². The van der Waals surface area contributed by atoms with Gasteiger partial charge in [-0.15, -0.1) is 0 Å². The normalized spacial score (nSPS) is 22.3. The van der Waals surface area contributed by atoms with Crippen molar-refractivity contribution >= 4 is 23.4 Å². The van der Waals surface area contributed by atoms with Gasteiger partial charge in [0.05, 0.1) is 16.7 Å². The van der Waals surface area contributed by atoms with Gasteiger partial charge in [0, 0.05) is 12.7 Å². The molecule has 1 aliphatic rings. The molecule has 0 saturated carbocycles. The van der Waals surface area contributed by atoms with Gasteiger partial charge in [-0.05, 0) is 18.9 Å². The number of rotatable bonds is 4. The second-order valence-corrected chi connectivity index (χ2v) is 5.00. The van der Waals surface area contributed by atoms with Gasteiger partial charge >= 0.3 is 12.1 Å². The lowest BCUT2D eigenvalue weighted by molar-refractivity contribution is -0.149. The van der Waals surface area contributed by atoms with Crippen LogP contribution in [0.4, 0.5) is 19.0 Å². The van der Waals surface area contributed by atoms with E-state index in [4.69, 9.17) is 21.4 Å². The fourth-order valence-electron chi connectivity index (χ4n) is 1.97. The van der Waals surface area contributed by atoms with E-state index in [-0.39, 0.29) is 23.5 Å². The highest BCUT2D eigenvalue weighted by Gasteiger charge is 2.32. The Morgan fingerprint density at radius 1 is 1.52 bits per heavy atom. The second-order valence-electron chi connectivity index (χ2n) is 4.60. The molecule has 1 aliphatic heterocycles. The SMILES string of the molecule is O=C(O)C1CCC(CNc2ncc(C(F)(F)F)cc2Cl)O1. The Hall–Kier alpha value is -1.54. The summed E-state index contributed by atoms with van der Waals surface area (Å²) < 4.78 is 42.6. The van der Waals surface area contributed by atoms with Crippen molar-refractivity contribution < 1.29 is 27.8 Å². The van der Waals surface area contributed by atoms with Gasteiger partial charge in [0.15, 0.2) is 6.10 Å². The van der Waals surface area contributed by atoms with Crippen molar-refractivity contribution in [1.82, 2.24) is 4.98 Å². The molecule has 1 aromatic heterocycles. The molecule has 0 spiro atoms. The summed E-state index contributed by atoms with van der Waals surface area (Å²) in [5.74, 6) is -0.921. The summed E-state index contributed by atoms with van der Waals surface area (Å²) in [5, 5.41) is 11.4. The first kappa shape index (κ1) is 15.8. The Balaban J connectivity index is 1.94. The van der Waals surface area contributed by atoms with Crippen molar-refractivity contribution in [1.29, 1.82) is 0 Å². The monoisotopic (exact) mass is 324 g/mol. The molecule has 2 atom stereocenters. The van der Waals surface area contributed by atoms with Gasteiger partial charge < -0.3 is 15.2 Å². The number of halogens is 4. The van der Waals surface area contributed by atoms with E-state index in [0.29, 0.717) is 19.0 Å². The lowest BCUT2D eigenvalue weighted by Gasteiger charge is -2.14. The molecule has 5 nitrogen and oxygen atoms in total. The maximum atomic E-state index is 12.5. The molecule has 2 N–H and O–H groups in total. The Morgan fingerprint density at radius 2 is 2.24 bits per heavy atom. The summed E-state index contributed by atoms with van der Waals surface area (Å²) in [5.41, 5.74) is -0.930. The van der Waals surface area contributed by atoms with Crippen LogP contribution in [0.25, 0.3) is 0 Å². The molecule has 2 heterocycles. The molecule has 0 amide bonds. The Morgan fingerprint density at radius 3 is 2.76 bits per heavy atom. The summed E-state index contributed by atoms with van der Waals surface area (Å²) in [6.45, 7) is 0.224. The van der Waals surface area contributed by atoms with Crippen molar-refractivity contribution in [2.75, 3.05) is 11.9 Å². The van der Waals surface area contributed by atoms with E-state index in [1.165, 1.54) is 0 Å². The van der Waals surface area contributed by atoms with Crippen LogP contribution in [-0.4, -0.2) is 34.8 Å². The zero-order valence-corrected chi connectivity index (χ0v) is 11.4. The van der Waals surface area contributed by atoms with E-state index >= 15 is 0 Å². The highest BCUT2D eigenvalue weighted by Crippen LogP contribution is 2.32. The van der Waals surface area contributed by atoms with Gasteiger partial charge in [0.2, 0.25) is 0 Å². The molecular formula is C12H12ClF3N2O3. The average molecular weight is 325 g/mol. The van der Waals surface area contributed by atoms with Gasteiger partial charge in [-0.3, -0.25) is 0 Å². The lowest BCUT2D eigenvalue weighted by atomic mass is 10.2. The van der Waals surface area contributed by atoms with Crippen molar-refractivity contribution in [3.05, 3.63) is 22.8 Å². The predicted molar refractivity (Wildman–Crippen MR) is 68.3 cm³/mol. The molecule has 0 aliphatic carbocycles. The van der Waals surface area contributed by atoms with E-state index in [9.17, 15) is 18.0 Å². The predicted octanol–water partition coefficient (Wildman–Crippen LogP) is 2.80. The lowest BCUT2D eigenvalue weighted by Crippen LogP contribution is -2.24. The Kier molecular flexibility index (Phi) is 4.58. The van der Waals surface area contributed by atoms with Gasteiger partial charge in [-0.2, -0.15) is 13.2 Å². The number of ether oxygens (including phenoxy) is 1. The Bertz CT molecular complexity index is 539. The fraction of sp³-hybridized carbons (Fsp3) is 0.500. The summed E-state index contributed by atoms with van der Waals surface area (Å²) in [6.07, 6.45) is -4.06. The van der Waals surface area contributed by atoms with E-state index in [2.05, 4.69) is 10.3 Å². The number of anilines is 1. The number of carboxylic acids is 1. The first-order valence-corrected chi connectivity index (χ1v) is 6.50. The molecule has 1 aromatic rings. The van der Waals surface area contributed by atoms with Gasteiger partial charge in [0.1, 0.15) is 5.82 Å². The molecule has 1 saturated heterocycles. The number of carboxylic acid groups (broad SMARTS) is 1. The number of nitrogens with one attached hydrogen (secondary N) is 1. The average Bonchev–Trinajstić information content (AvgIpc) is 2.85. The molecule has 9 heteroatoms. The third-order valence-electron chi connectivity index (χ3n) is 3.05. The highest BCUT2D eigenvalue weighted by atomic mass is 35.5. The maximum absolute atomic E-state index is 12.5. The first-order chi connectivity index (χ1) is 9.77. The van der Waals surface area contributed by atoms with Crippen molar-refractivity contribution in [2.24, 2.45) is 0 Å². The third kappa shape index (κ3) is 3.98. The zero-order chi connectivity index (χ0) is 15.6. The first-order valence-electron chi connectivity index (χ1n) is 6.12. The van der Waals surface area contributed by atoms with Crippen molar-refractivity contribution in [3.63, 3.8) is 0 Å². The molecule has 0 aromatic carbocycles. The summed E-state index contributed by atoms with van der Waals surface area (Å²) >= 11 is 5.74. The minimum atomic E-state index is -4.50. The van der Waals surface area contributed by atoms with E-state index in [1.807, 2.05) is 0 Å². The van der Waals surface area contributed by atoms with E-state index in [1.54, 1.807) is 0 Å². The molecule has 21 heavy (non-hydrogen) atoms. The summed E-state index contributed by atoms with van der Waals surface area (Å²) in [6, 6.07) is 0.784. The minimum Gasteiger partial charge on any atom is -0.479 e. The van der Waals surface area contributed by atoms with Crippen LogP contribution in [0.5, 0.6) is 0 Å². The Labute approximate surface area is 123 Å². The number of alkyl halides is 3. The van der Waals surface area contributed by atoms with Crippen LogP contribution >= 0.6 is 11.6 Å². The van der Waals surface area contributed by atoms with Crippen LogP contribution in [0.1, 0.15) is 18.4 Å². The molecule has 2 rings (SSSR count). The number of hydrogen-bond donors (Lipinski definition) is 2. The molecule has 0 radical (unpaired) electrons. The number of aromatic nitrogens is 1. The number of pyridine rings is 1. The molecule has 1 fully saturated rings. The van der Waals surface area contributed by atoms with Crippen LogP contribution in [0.2, 0.25) is 5.02 Å². The fourth-order valence-corrected chi connectivity index (χ4v) is 2.20. The van der Waals surface area contributed by atoms with Gasteiger partial charge in [0.25, 0.3) is 0 Å².